The molecule has 3 N–H and O–H groups in total. The maximum Gasteiger partial charge on any atom is 0.276 e. The second-order valence-corrected chi connectivity index (χ2v) is 8.89. The molecule has 5 rings (SSSR count). The third-order valence-electron chi connectivity index (χ3n) is 6.14. The summed E-state index contributed by atoms with van der Waals surface area (Å²) in [5, 5.41) is 11.5. The molecule has 1 fully saturated rings. The number of aromatic nitrogens is 4. The minimum atomic E-state index is -1.01. The molecule has 3 heterocycles. The van der Waals surface area contributed by atoms with Crippen molar-refractivity contribution in [3.05, 3.63) is 76.1 Å². The lowest BCUT2D eigenvalue weighted by Gasteiger charge is -2.23. The number of hydrogen-bond acceptors (Lipinski definition) is 6. The number of rotatable bonds is 5. The summed E-state index contributed by atoms with van der Waals surface area (Å²) in [6.45, 7) is 5.25. The van der Waals surface area contributed by atoms with E-state index in [2.05, 4.69) is 26.1 Å². The molecule has 4 aromatic rings. The minimum Gasteiger partial charge on any atom is -0.369 e. The van der Waals surface area contributed by atoms with Crippen LogP contribution in [-0.4, -0.2) is 45.6 Å². The van der Waals surface area contributed by atoms with Crippen molar-refractivity contribution in [2.75, 3.05) is 30.4 Å². The molecule has 1 saturated heterocycles. The number of carbonyl (C=O) groups is 1. The molecule has 1 amide bonds. The highest BCUT2D eigenvalue weighted by Gasteiger charge is 2.26. The summed E-state index contributed by atoms with van der Waals surface area (Å²) in [6.07, 6.45) is 3.48. The molecular weight excluding hydrogens is 499 g/mol. The molecule has 9 nitrogen and oxygen atoms in total. The molecule has 0 atom stereocenters. The number of halogens is 3. The van der Waals surface area contributed by atoms with E-state index < -0.39 is 34.6 Å². The molecule has 1 aliphatic heterocycles. The van der Waals surface area contributed by atoms with Gasteiger partial charge in [-0.15, -0.1) is 0 Å². The molecule has 2 aromatic carbocycles. The zero-order valence-corrected chi connectivity index (χ0v) is 21.2. The topological polar surface area (TPSA) is 111 Å². The number of nitrogens with zero attached hydrogens (tertiary/aromatic N) is 5. The standard InChI is InChI=1S/C25H23F3N6O2.CH5N/c1-14(2)33-22-15(13-29-33)23(32-10-3-4-11-32)20(12-18(22)28)30-25(36)19-8-9-21(35)34(31-19)24-16(26)6-5-7-17(24)27;1-2/h5-9,12-14H,3-4,10-11H2,1-2H3,(H,30,36);2H2,1H3. The van der Waals surface area contributed by atoms with Gasteiger partial charge in [0.15, 0.2) is 17.5 Å². The quantitative estimate of drug-likeness (QED) is 0.406. The Labute approximate surface area is 216 Å². The second kappa shape index (κ2) is 11.1. The number of carbonyl (C=O) groups excluding carboxylic acids is 1. The largest absolute Gasteiger partial charge is 0.369 e. The van der Waals surface area contributed by atoms with Gasteiger partial charge in [-0.05, 0) is 51.9 Å². The fourth-order valence-corrected chi connectivity index (χ4v) is 4.52. The zero-order chi connectivity index (χ0) is 27.6. The third-order valence-corrected chi connectivity index (χ3v) is 6.14. The van der Waals surface area contributed by atoms with Crippen LogP contribution in [0.5, 0.6) is 0 Å². The molecule has 0 saturated carbocycles. The zero-order valence-electron chi connectivity index (χ0n) is 21.2. The van der Waals surface area contributed by atoms with Gasteiger partial charge in [-0.25, -0.2) is 13.2 Å². The van der Waals surface area contributed by atoms with E-state index in [0.717, 1.165) is 56.3 Å². The summed E-state index contributed by atoms with van der Waals surface area (Å²) >= 11 is 0. The van der Waals surface area contributed by atoms with Gasteiger partial charge in [-0.1, -0.05) is 6.07 Å². The molecule has 0 aliphatic carbocycles. The highest BCUT2D eigenvalue weighted by atomic mass is 19.1. The van der Waals surface area contributed by atoms with Crippen molar-refractivity contribution in [1.29, 1.82) is 0 Å². The van der Waals surface area contributed by atoms with Gasteiger partial charge < -0.3 is 16.0 Å². The summed E-state index contributed by atoms with van der Waals surface area (Å²) in [5.41, 5.74) is 3.91. The van der Waals surface area contributed by atoms with Crippen molar-refractivity contribution in [1.82, 2.24) is 19.6 Å². The van der Waals surface area contributed by atoms with Crippen LogP contribution in [0, 0.1) is 17.5 Å². The lowest BCUT2D eigenvalue weighted by molar-refractivity contribution is 0.102. The maximum atomic E-state index is 15.3. The van der Waals surface area contributed by atoms with Gasteiger partial charge in [-0.3, -0.25) is 14.3 Å². The number of fused-ring (bicyclic) bond motifs is 1. The first-order chi connectivity index (χ1) is 18.3. The molecule has 200 valence electrons. The fraction of sp³-hybridized carbons (Fsp3) is 0.308. The Morgan fingerprint density at radius 2 is 1.66 bits per heavy atom. The smallest absolute Gasteiger partial charge is 0.276 e. The highest BCUT2D eigenvalue weighted by Crippen LogP contribution is 2.39. The van der Waals surface area contributed by atoms with Gasteiger partial charge in [0.2, 0.25) is 0 Å². The van der Waals surface area contributed by atoms with E-state index in [-0.39, 0.29) is 17.4 Å². The van der Waals surface area contributed by atoms with Crippen molar-refractivity contribution in [2.45, 2.75) is 32.7 Å². The van der Waals surface area contributed by atoms with E-state index in [0.29, 0.717) is 21.3 Å². The Morgan fingerprint density at radius 1 is 1.00 bits per heavy atom. The number of amides is 1. The Bertz CT molecular complexity index is 1520. The number of benzene rings is 2. The van der Waals surface area contributed by atoms with Gasteiger partial charge in [0.1, 0.15) is 16.9 Å². The number of nitrogens with one attached hydrogen (secondary N) is 1. The van der Waals surface area contributed by atoms with Crippen LogP contribution in [0.4, 0.5) is 24.5 Å². The first kappa shape index (κ1) is 26.9. The van der Waals surface area contributed by atoms with E-state index in [9.17, 15) is 18.4 Å². The molecule has 0 bridgehead atoms. The van der Waals surface area contributed by atoms with Gasteiger partial charge in [-0.2, -0.15) is 14.9 Å². The van der Waals surface area contributed by atoms with Gasteiger partial charge in [0, 0.05) is 36.7 Å². The molecule has 0 spiro atoms. The van der Waals surface area contributed by atoms with Crippen LogP contribution in [-0.2, 0) is 0 Å². The molecule has 2 aromatic heterocycles. The van der Waals surface area contributed by atoms with E-state index in [1.54, 1.807) is 10.9 Å². The number of anilines is 2. The second-order valence-electron chi connectivity index (χ2n) is 8.89. The van der Waals surface area contributed by atoms with Crippen LogP contribution in [0.1, 0.15) is 43.2 Å². The summed E-state index contributed by atoms with van der Waals surface area (Å²) < 4.78 is 45.9. The maximum absolute atomic E-state index is 15.3. The Balaban J connectivity index is 0.00000164. The lowest BCUT2D eigenvalue weighted by atomic mass is 10.1. The van der Waals surface area contributed by atoms with Crippen molar-refractivity contribution >= 4 is 28.2 Å². The molecule has 0 radical (unpaired) electrons. The van der Waals surface area contributed by atoms with Crippen LogP contribution in [0.3, 0.4) is 0 Å². The van der Waals surface area contributed by atoms with E-state index in [1.807, 2.05) is 13.8 Å². The normalized spacial score (nSPS) is 13.1. The van der Waals surface area contributed by atoms with Crippen LogP contribution >= 0.6 is 0 Å². The Morgan fingerprint density at radius 3 is 2.29 bits per heavy atom. The first-order valence-electron chi connectivity index (χ1n) is 12.1. The lowest BCUT2D eigenvalue weighted by Crippen LogP contribution is -2.27. The summed E-state index contributed by atoms with van der Waals surface area (Å²) in [5.74, 6) is -3.34. The number of para-hydroxylation sites is 1. The van der Waals surface area contributed by atoms with Crippen molar-refractivity contribution in [2.24, 2.45) is 5.73 Å². The van der Waals surface area contributed by atoms with E-state index >= 15 is 4.39 Å². The monoisotopic (exact) mass is 527 g/mol. The van der Waals surface area contributed by atoms with Crippen LogP contribution in [0.15, 0.2) is 47.4 Å². The van der Waals surface area contributed by atoms with E-state index in [4.69, 9.17) is 0 Å². The summed E-state index contributed by atoms with van der Waals surface area (Å²) in [4.78, 5) is 27.5. The average Bonchev–Trinajstić information content (AvgIpc) is 3.57. The third kappa shape index (κ3) is 4.86. The van der Waals surface area contributed by atoms with Crippen molar-refractivity contribution < 1.29 is 18.0 Å². The van der Waals surface area contributed by atoms with Gasteiger partial charge in [0.05, 0.1) is 17.6 Å². The van der Waals surface area contributed by atoms with Crippen LogP contribution in [0.25, 0.3) is 16.6 Å². The van der Waals surface area contributed by atoms with Gasteiger partial charge in [0.25, 0.3) is 11.5 Å². The number of nitrogens with two attached hydrogens (primary N) is 1. The van der Waals surface area contributed by atoms with E-state index in [1.165, 1.54) is 13.1 Å². The van der Waals surface area contributed by atoms with Crippen LogP contribution < -0.4 is 21.5 Å². The SMILES string of the molecule is CC(C)n1ncc2c(N3CCCC3)c(NC(=O)c3ccc(=O)n(-c4c(F)cccc4F)n3)cc(F)c21.CN. The first-order valence-corrected chi connectivity index (χ1v) is 12.1. The fourth-order valence-electron chi connectivity index (χ4n) is 4.52. The molecule has 1 aliphatic rings. The van der Waals surface area contributed by atoms with Crippen LogP contribution in [0.2, 0.25) is 0 Å². The van der Waals surface area contributed by atoms with Crippen molar-refractivity contribution in [3.8, 4) is 5.69 Å². The molecule has 12 heteroatoms. The minimum absolute atomic E-state index is 0.0760. The molecular formula is C26H28F3N7O2. The summed E-state index contributed by atoms with van der Waals surface area (Å²) in [7, 11) is 1.50. The average molecular weight is 528 g/mol. The summed E-state index contributed by atoms with van der Waals surface area (Å²) in [6, 6.07) is 6.42. The predicted molar refractivity (Wildman–Crippen MR) is 139 cm³/mol. The van der Waals surface area contributed by atoms with Gasteiger partial charge >= 0.3 is 0 Å². The number of hydrogen-bond donors (Lipinski definition) is 2. The molecule has 38 heavy (non-hydrogen) atoms. The molecule has 0 unspecified atom stereocenters. The Hall–Kier alpha value is -4.19. The Kier molecular flexibility index (Phi) is 7.81. The highest BCUT2D eigenvalue weighted by molar-refractivity contribution is 6.09. The predicted octanol–water partition coefficient (Wildman–Crippen LogP) is 4.01. The van der Waals surface area contributed by atoms with Crippen molar-refractivity contribution in [3.63, 3.8) is 0 Å².